The molecule has 2 atom stereocenters. The van der Waals surface area contributed by atoms with Gasteiger partial charge >= 0.3 is 18.2 Å². The first kappa shape index (κ1) is 14.8. The van der Waals surface area contributed by atoms with Crippen molar-refractivity contribution in [2.45, 2.75) is 32.4 Å². The maximum Gasteiger partial charge on any atom is 0.417 e. The molecule has 1 aliphatic heterocycles. The molecule has 1 aromatic rings. The molecule has 2 heterocycles. The topological polar surface area (TPSA) is 133 Å². The summed E-state index contributed by atoms with van der Waals surface area (Å²) in [5, 5.41) is 27.8. The van der Waals surface area contributed by atoms with E-state index in [1.54, 1.807) is 13.8 Å². The van der Waals surface area contributed by atoms with Crippen molar-refractivity contribution in [3.8, 4) is 0 Å². The van der Waals surface area contributed by atoms with E-state index in [2.05, 4.69) is 4.98 Å². The fourth-order valence-electron chi connectivity index (χ4n) is 2.72. The third-order valence-electron chi connectivity index (χ3n) is 3.53. The number of hydrogen-bond donors (Lipinski definition) is 3. The van der Waals surface area contributed by atoms with Crippen molar-refractivity contribution < 1.29 is 29.7 Å². The molecule has 3 N–H and O–H groups in total. The van der Waals surface area contributed by atoms with E-state index in [0.29, 0.717) is 5.69 Å². The molecule has 9 heteroatoms. The maximum atomic E-state index is 11.5. The zero-order chi connectivity index (χ0) is 15.9. The van der Waals surface area contributed by atoms with Gasteiger partial charge in [0.2, 0.25) is 0 Å². The first-order chi connectivity index (χ1) is 9.75. The number of carbonyl (C=O) groups is 3. The minimum absolute atomic E-state index is 0.152. The van der Waals surface area contributed by atoms with Gasteiger partial charge in [0.15, 0.2) is 0 Å². The molecule has 0 aromatic carbocycles. The van der Waals surface area contributed by atoms with Crippen LogP contribution in [-0.4, -0.2) is 54.0 Å². The second-order valence-corrected chi connectivity index (χ2v) is 5.17. The van der Waals surface area contributed by atoms with Gasteiger partial charge in [-0.3, -0.25) is 4.90 Å². The highest BCUT2D eigenvalue weighted by Gasteiger charge is 2.45. The van der Waals surface area contributed by atoms with Crippen LogP contribution in [0.25, 0.3) is 0 Å². The van der Waals surface area contributed by atoms with E-state index >= 15 is 0 Å². The quantitative estimate of drug-likeness (QED) is 0.744. The second kappa shape index (κ2) is 5.08. The molecule has 1 amide bonds. The van der Waals surface area contributed by atoms with Crippen LogP contribution in [0.15, 0.2) is 6.33 Å². The molecule has 0 aliphatic carbocycles. The van der Waals surface area contributed by atoms with Crippen LogP contribution >= 0.6 is 0 Å². The van der Waals surface area contributed by atoms with Crippen LogP contribution in [0.3, 0.4) is 0 Å². The van der Waals surface area contributed by atoms with Crippen molar-refractivity contribution in [3.63, 3.8) is 0 Å². The number of hydrogen-bond acceptors (Lipinski definition) is 4. The van der Waals surface area contributed by atoms with Crippen LogP contribution in [0.4, 0.5) is 9.59 Å². The van der Waals surface area contributed by atoms with Crippen LogP contribution in [0.1, 0.15) is 31.3 Å². The highest BCUT2D eigenvalue weighted by molar-refractivity contribution is 5.81. The van der Waals surface area contributed by atoms with Crippen molar-refractivity contribution in [1.82, 2.24) is 14.5 Å². The average molecular weight is 297 g/mol. The largest absolute Gasteiger partial charge is 0.480 e. The third-order valence-corrected chi connectivity index (χ3v) is 3.53. The number of imidazole rings is 1. The van der Waals surface area contributed by atoms with E-state index < -0.39 is 30.2 Å². The Morgan fingerprint density at radius 2 is 1.86 bits per heavy atom. The molecule has 0 radical (unpaired) electrons. The summed E-state index contributed by atoms with van der Waals surface area (Å²) in [7, 11) is 0. The predicted molar refractivity (Wildman–Crippen MR) is 68.2 cm³/mol. The fraction of sp³-hybridized carbons (Fsp3) is 0.500. The Hall–Kier alpha value is -2.58. The Kier molecular flexibility index (Phi) is 3.58. The lowest BCUT2D eigenvalue weighted by Crippen LogP contribution is -2.52. The lowest BCUT2D eigenvalue weighted by atomic mass is 9.89. The lowest BCUT2D eigenvalue weighted by molar-refractivity contribution is -0.144. The van der Waals surface area contributed by atoms with Crippen molar-refractivity contribution in [2.75, 3.05) is 0 Å². The van der Waals surface area contributed by atoms with Crippen LogP contribution in [-0.2, 0) is 11.2 Å². The van der Waals surface area contributed by atoms with Crippen molar-refractivity contribution in [3.05, 3.63) is 17.7 Å². The molecule has 1 aromatic heterocycles. The van der Waals surface area contributed by atoms with E-state index in [0.717, 1.165) is 15.8 Å². The molecular formula is C12H15N3O6. The predicted octanol–water partition coefficient (Wildman–Crippen LogP) is 1.10. The standard InChI is InChI=1S/C12H15N3O6/c1-5(2)8-9-6(13-4-14(9)11(18)19)3-7(10(16)17)15(8)12(20)21/h4-5,7-8H,3H2,1-2H3,(H,16,17)(H,18,19)(H,20,21)/t7-,8?/m0/s1. The molecular weight excluding hydrogens is 282 g/mol. The van der Waals surface area contributed by atoms with Gasteiger partial charge in [-0.15, -0.1) is 0 Å². The van der Waals surface area contributed by atoms with E-state index in [-0.39, 0.29) is 18.0 Å². The molecule has 9 nitrogen and oxygen atoms in total. The smallest absolute Gasteiger partial charge is 0.417 e. The van der Waals surface area contributed by atoms with Gasteiger partial charge in [-0.05, 0) is 5.92 Å². The normalized spacial score (nSPS) is 21.2. The molecule has 0 bridgehead atoms. The van der Waals surface area contributed by atoms with Gasteiger partial charge in [0.05, 0.1) is 17.4 Å². The number of carboxylic acids is 1. The Balaban J connectivity index is 2.65. The first-order valence-electron chi connectivity index (χ1n) is 6.29. The molecule has 2 rings (SSSR count). The Morgan fingerprint density at radius 1 is 1.24 bits per heavy atom. The van der Waals surface area contributed by atoms with Crippen LogP contribution < -0.4 is 0 Å². The zero-order valence-electron chi connectivity index (χ0n) is 11.4. The molecule has 0 fully saturated rings. The monoisotopic (exact) mass is 297 g/mol. The summed E-state index contributed by atoms with van der Waals surface area (Å²) in [6, 6.07) is -2.16. The number of carboxylic acid groups (broad SMARTS) is 3. The van der Waals surface area contributed by atoms with Gasteiger partial charge in [0.25, 0.3) is 0 Å². The minimum atomic E-state index is -1.40. The van der Waals surface area contributed by atoms with Crippen molar-refractivity contribution in [1.29, 1.82) is 0 Å². The molecule has 1 aliphatic rings. The molecule has 1 unspecified atom stereocenters. The molecule has 0 saturated heterocycles. The Bertz CT molecular complexity index is 608. The summed E-state index contributed by atoms with van der Waals surface area (Å²) in [4.78, 5) is 38.8. The number of fused-ring (bicyclic) bond motifs is 1. The lowest BCUT2D eigenvalue weighted by Gasteiger charge is -2.40. The Labute approximate surface area is 119 Å². The first-order valence-corrected chi connectivity index (χ1v) is 6.29. The van der Waals surface area contributed by atoms with E-state index in [9.17, 15) is 24.6 Å². The van der Waals surface area contributed by atoms with Crippen LogP contribution in [0.2, 0.25) is 0 Å². The molecule has 0 spiro atoms. The van der Waals surface area contributed by atoms with Gasteiger partial charge in [0, 0.05) is 6.42 Å². The summed E-state index contributed by atoms with van der Waals surface area (Å²) in [6.07, 6.45) is -1.76. The summed E-state index contributed by atoms with van der Waals surface area (Å²) < 4.78 is 0.855. The van der Waals surface area contributed by atoms with Gasteiger partial charge in [-0.1, -0.05) is 13.8 Å². The molecule has 114 valence electrons. The fourth-order valence-corrected chi connectivity index (χ4v) is 2.72. The summed E-state index contributed by atoms with van der Waals surface area (Å²) in [5.41, 5.74) is 0.526. The highest BCUT2D eigenvalue weighted by atomic mass is 16.4. The number of aliphatic carboxylic acids is 1. The van der Waals surface area contributed by atoms with E-state index in [1.807, 2.05) is 0 Å². The van der Waals surface area contributed by atoms with E-state index in [4.69, 9.17) is 5.11 Å². The molecule has 0 saturated carbocycles. The highest BCUT2D eigenvalue weighted by Crippen LogP contribution is 2.37. The van der Waals surface area contributed by atoms with Crippen LogP contribution in [0, 0.1) is 5.92 Å². The SMILES string of the molecule is CC(C)C1c2c(ncn2C(=O)O)C[C@@H](C(=O)O)N1C(=O)O. The average Bonchev–Trinajstić information content (AvgIpc) is 2.79. The van der Waals surface area contributed by atoms with Gasteiger partial charge in [0.1, 0.15) is 12.4 Å². The number of amides is 1. The maximum absolute atomic E-state index is 11.5. The van der Waals surface area contributed by atoms with Gasteiger partial charge in [-0.2, -0.15) is 0 Å². The van der Waals surface area contributed by atoms with Gasteiger partial charge in [-0.25, -0.2) is 23.9 Å². The number of aromatic nitrogens is 2. The van der Waals surface area contributed by atoms with Gasteiger partial charge < -0.3 is 15.3 Å². The second-order valence-electron chi connectivity index (χ2n) is 5.17. The summed E-state index contributed by atoms with van der Waals surface area (Å²) in [5.74, 6) is -1.59. The van der Waals surface area contributed by atoms with Crippen LogP contribution in [0.5, 0.6) is 0 Å². The minimum Gasteiger partial charge on any atom is -0.480 e. The van der Waals surface area contributed by atoms with Crippen molar-refractivity contribution >= 4 is 18.2 Å². The molecule has 21 heavy (non-hydrogen) atoms. The Morgan fingerprint density at radius 3 is 2.29 bits per heavy atom. The van der Waals surface area contributed by atoms with Crippen molar-refractivity contribution in [2.24, 2.45) is 5.92 Å². The third kappa shape index (κ3) is 2.30. The van der Waals surface area contributed by atoms with E-state index in [1.165, 1.54) is 0 Å². The summed E-state index contributed by atoms with van der Waals surface area (Å²) >= 11 is 0. The number of rotatable bonds is 2. The zero-order valence-corrected chi connectivity index (χ0v) is 11.4. The number of nitrogens with zero attached hydrogens (tertiary/aromatic N) is 3. The summed E-state index contributed by atoms with van der Waals surface area (Å²) in [6.45, 7) is 3.40.